The highest BCUT2D eigenvalue weighted by atomic mass is 16.3. The molecule has 2 unspecified atom stereocenters. The lowest BCUT2D eigenvalue weighted by Crippen LogP contribution is -2.45. The van der Waals surface area contributed by atoms with Gasteiger partial charge in [0.2, 0.25) is 5.91 Å². The van der Waals surface area contributed by atoms with Crippen molar-refractivity contribution in [3.05, 3.63) is 36.5 Å². The molecule has 0 aliphatic heterocycles. The van der Waals surface area contributed by atoms with Gasteiger partial charge in [-0.25, -0.2) is 0 Å². The minimum absolute atomic E-state index is 0.0234. The van der Waals surface area contributed by atoms with Crippen molar-refractivity contribution in [3.8, 4) is 0 Å². The van der Waals surface area contributed by atoms with Gasteiger partial charge in [0.15, 0.2) is 0 Å². The van der Waals surface area contributed by atoms with Crippen molar-refractivity contribution >= 4 is 5.91 Å². The summed E-state index contributed by atoms with van der Waals surface area (Å²) in [6, 6.07) is -0.536. The van der Waals surface area contributed by atoms with E-state index in [9.17, 15) is 15.0 Å². The van der Waals surface area contributed by atoms with Gasteiger partial charge in [0, 0.05) is 6.42 Å². The second-order valence-corrected chi connectivity index (χ2v) is 23.2. The second-order valence-electron chi connectivity index (χ2n) is 23.2. The Balaban J connectivity index is 3.40. The first-order valence-electron chi connectivity index (χ1n) is 33.7. The zero-order valence-electron chi connectivity index (χ0n) is 49.9. The number of nitrogens with one attached hydrogen (secondary N) is 1. The van der Waals surface area contributed by atoms with Gasteiger partial charge in [-0.1, -0.05) is 359 Å². The summed E-state index contributed by atoms with van der Waals surface area (Å²) in [5, 5.41) is 23.5. The molecule has 0 aromatic carbocycles. The van der Waals surface area contributed by atoms with Crippen LogP contribution in [-0.2, 0) is 4.79 Å². The lowest BCUT2D eigenvalue weighted by Gasteiger charge is -2.22. The predicted octanol–water partition coefficient (Wildman–Crippen LogP) is 22.8. The third kappa shape index (κ3) is 61.3. The van der Waals surface area contributed by atoms with E-state index in [2.05, 4.69) is 55.6 Å². The molecule has 0 aliphatic carbocycles. The molecule has 2 atom stereocenters. The molecule has 0 aromatic rings. The van der Waals surface area contributed by atoms with Crippen LogP contribution in [-0.4, -0.2) is 34.9 Å². The number of aliphatic hydroxyl groups is 2. The average molecular weight is 1020 g/mol. The van der Waals surface area contributed by atoms with Gasteiger partial charge in [0.1, 0.15) is 0 Å². The number of rotatable bonds is 63. The highest BCUT2D eigenvalue weighted by Gasteiger charge is 2.20. The van der Waals surface area contributed by atoms with E-state index in [4.69, 9.17) is 0 Å². The van der Waals surface area contributed by atoms with E-state index in [1.807, 2.05) is 0 Å². The standard InChI is InChI=1S/C69H133NO3/c1-3-5-7-9-11-13-15-17-19-21-23-25-27-29-31-32-33-34-35-36-37-38-39-41-43-45-47-49-51-53-55-57-59-61-63-65-69(73)70-67(66-71)68(72)64-62-60-58-56-54-52-50-48-46-44-42-40-30-28-26-24-22-20-18-16-14-12-10-8-6-4-2/h15,17,21,23,27,29,67-68,71-72H,3-14,16,18-20,22,24-26,28,30-66H2,1-2H3,(H,70,73)/b17-15-,23-21-,29-27-. The molecule has 3 N–H and O–H groups in total. The Morgan fingerprint density at radius 1 is 0.329 bits per heavy atom. The van der Waals surface area contributed by atoms with E-state index >= 15 is 0 Å². The fourth-order valence-electron chi connectivity index (χ4n) is 10.8. The van der Waals surface area contributed by atoms with Crippen molar-refractivity contribution in [1.82, 2.24) is 5.32 Å². The van der Waals surface area contributed by atoms with Crippen LogP contribution in [0.3, 0.4) is 0 Å². The van der Waals surface area contributed by atoms with E-state index in [1.165, 1.54) is 315 Å². The third-order valence-corrected chi connectivity index (χ3v) is 15.9. The number of hydrogen-bond donors (Lipinski definition) is 3. The van der Waals surface area contributed by atoms with Gasteiger partial charge in [-0.05, 0) is 51.4 Å². The van der Waals surface area contributed by atoms with Crippen LogP contribution in [0, 0.1) is 0 Å². The molecule has 0 saturated carbocycles. The van der Waals surface area contributed by atoms with E-state index in [0.29, 0.717) is 12.8 Å². The van der Waals surface area contributed by atoms with Crippen LogP contribution in [0.5, 0.6) is 0 Å². The van der Waals surface area contributed by atoms with Crippen molar-refractivity contribution in [2.24, 2.45) is 0 Å². The van der Waals surface area contributed by atoms with Crippen LogP contribution >= 0.6 is 0 Å². The summed E-state index contributed by atoms with van der Waals surface area (Å²) in [6.45, 7) is 4.39. The van der Waals surface area contributed by atoms with E-state index in [0.717, 1.165) is 38.5 Å². The molecule has 73 heavy (non-hydrogen) atoms. The quantitative estimate of drug-likeness (QED) is 0.0420. The number of aliphatic hydroxyl groups excluding tert-OH is 2. The highest BCUT2D eigenvalue weighted by molar-refractivity contribution is 5.76. The minimum atomic E-state index is -0.660. The van der Waals surface area contributed by atoms with Gasteiger partial charge in [-0.3, -0.25) is 4.79 Å². The fraction of sp³-hybridized carbons (Fsp3) is 0.899. The summed E-state index contributed by atoms with van der Waals surface area (Å²) >= 11 is 0. The van der Waals surface area contributed by atoms with Gasteiger partial charge in [-0.2, -0.15) is 0 Å². The first-order valence-corrected chi connectivity index (χ1v) is 33.7. The number of unbranched alkanes of at least 4 members (excludes halogenated alkanes) is 50. The summed E-state index contributed by atoms with van der Waals surface area (Å²) < 4.78 is 0. The zero-order chi connectivity index (χ0) is 52.7. The van der Waals surface area contributed by atoms with Crippen molar-refractivity contribution in [2.75, 3.05) is 6.61 Å². The number of carbonyl (C=O) groups is 1. The van der Waals surface area contributed by atoms with Crippen LogP contribution in [0.15, 0.2) is 36.5 Å². The van der Waals surface area contributed by atoms with Gasteiger partial charge < -0.3 is 15.5 Å². The van der Waals surface area contributed by atoms with Crippen molar-refractivity contribution in [3.63, 3.8) is 0 Å². The predicted molar refractivity (Wildman–Crippen MR) is 327 cm³/mol. The maximum Gasteiger partial charge on any atom is 0.220 e. The van der Waals surface area contributed by atoms with Crippen molar-refractivity contribution in [2.45, 2.75) is 392 Å². The first-order chi connectivity index (χ1) is 36.2. The molecule has 0 aliphatic rings. The summed E-state index contributed by atoms with van der Waals surface area (Å²) in [6.07, 6.45) is 89.0. The van der Waals surface area contributed by atoms with Crippen molar-refractivity contribution < 1.29 is 15.0 Å². The molecule has 0 saturated heterocycles. The minimum Gasteiger partial charge on any atom is -0.394 e. The molecule has 1 amide bonds. The maximum absolute atomic E-state index is 12.6. The number of carbonyl (C=O) groups excluding carboxylic acids is 1. The van der Waals surface area contributed by atoms with Crippen molar-refractivity contribution in [1.29, 1.82) is 0 Å². The highest BCUT2D eigenvalue weighted by Crippen LogP contribution is 2.19. The Labute approximate surface area is 459 Å². The van der Waals surface area contributed by atoms with Crippen LogP contribution in [0.4, 0.5) is 0 Å². The van der Waals surface area contributed by atoms with E-state index in [1.54, 1.807) is 0 Å². The lowest BCUT2D eigenvalue weighted by atomic mass is 10.0. The maximum atomic E-state index is 12.6. The second kappa shape index (κ2) is 64.9. The Kier molecular flexibility index (Phi) is 63.7. The van der Waals surface area contributed by atoms with E-state index < -0.39 is 12.1 Å². The van der Waals surface area contributed by atoms with E-state index in [-0.39, 0.29) is 12.5 Å². The summed E-state index contributed by atoms with van der Waals surface area (Å²) in [4.78, 5) is 12.6. The smallest absolute Gasteiger partial charge is 0.220 e. The Morgan fingerprint density at radius 2 is 0.562 bits per heavy atom. The molecule has 0 bridgehead atoms. The molecule has 0 spiro atoms. The van der Waals surface area contributed by atoms with Crippen LogP contribution in [0.2, 0.25) is 0 Å². The molecular formula is C69H133NO3. The number of amides is 1. The monoisotopic (exact) mass is 1020 g/mol. The summed E-state index contributed by atoms with van der Waals surface area (Å²) in [5.74, 6) is -0.0234. The fourth-order valence-corrected chi connectivity index (χ4v) is 10.8. The average Bonchev–Trinajstić information content (AvgIpc) is 3.40. The SMILES string of the molecule is CCCCCCC/C=C\C/C=C\C/C=C\CCCCCCCCCCCCCCCCCCCCCCC(=O)NC(CO)C(O)CCCCCCCCCCCCCCCCCCCCCCCCCCCC. The number of allylic oxidation sites excluding steroid dienone is 6. The van der Waals surface area contributed by atoms with Gasteiger partial charge in [0.25, 0.3) is 0 Å². The Morgan fingerprint density at radius 3 is 0.836 bits per heavy atom. The van der Waals surface area contributed by atoms with Gasteiger partial charge in [-0.15, -0.1) is 0 Å². The molecular weight excluding hydrogens is 891 g/mol. The molecule has 4 nitrogen and oxygen atoms in total. The molecule has 0 radical (unpaired) electrons. The third-order valence-electron chi connectivity index (χ3n) is 15.9. The molecule has 4 heteroatoms. The zero-order valence-corrected chi connectivity index (χ0v) is 49.9. The molecule has 0 rings (SSSR count). The Bertz CT molecular complexity index is 1110. The van der Waals surface area contributed by atoms with Crippen LogP contribution < -0.4 is 5.32 Å². The molecule has 0 heterocycles. The lowest BCUT2D eigenvalue weighted by molar-refractivity contribution is -0.123. The molecule has 432 valence electrons. The summed E-state index contributed by atoms with van der Waals surface area (Å²) in [7, 11) is 0. The topological polar surface area (TPSA) is 69.6 Å². The molecule has 0 aromatic heterocycles. The Hall–Kier alpha value is -1.39. The summed E-state index contributed by atoms with van der Waals surface area (Å²) in [5.41, 5.74) is 0. The number of hydrogen-bond acceptors (Lipinski definition) is 3. The largest absolute Gasteiger partial charge is 0.394 e. The van der Waals surface area contributed by atoms with Gasteiger partial charge >= 0.3 is 0 Å². The van der Waals surface area contributed by atoms with Crippen LogP contribution in [0.1, 0.15) is 380 Å². The first kappa shape index (κ1) is 71.6. The van der Waals surface area contributed by atoms with Gasteiger partial charge in [0.05, 0.1) is 18.8 Å². The molecule has 0 fully saturated rings. The normalized spacial score (nSPS) is 12.9. The van der Waals surface area contributed by atoms with Crippen LogP contribution in [0.25, 0.3) is 0 Å².